The fraction of sp³-hybridized carbons (Fsp3) is 0.0909. The Balaban J connectivity index is 1.71. The average Bonchev–Trinajstić information content (AvgIpc) is 3.16. The molecule has 1 aromatic heterocycles. The first kappa shape index (κ1) is 20.4. The van der Waals surface area contributed by atoms with Crippen molar-refractivity contribution in [2.75, 3.05) is 4.90 Å². The van der Waals surface area contributed by atoms with Gasteiger partial charge in [-0.15, -0.1) is 0 Å². The second-order valence-electron chi connectivity index (χ2n) is 7.05. The zero-order chi connectivity index (χ0) is 22.3. The fourth-order valence-corrected chi connectivity index (χ4v) is 3.80. The number of nitro benzene ring substituents is 1. The van der Waals surface area contributed by atoms with Crippen molar-refractivity contribution in [3.05, 3.63) is 92.4 Å². The van der Waals surface area contributed by atoms with E-state index in [1.807, 2.05) is 24.5 Å². The molecule has 0 atom stereocenters. The molecular weight excluding hydrogens is 420 g/mol. The number of aromatic nitrogens is 1. The summed E-state index contributed by atoms with van der Waals surface area (Å²) in [5, 5.41) is 14.1. The summed E-state index contributed by atoms with van der Waals surface area (Å²) < 4.78 is 1.86. The second-order valence-corrected chi connectivity index (χ2v) is 7.48. The van der Waals surface area contributed by atoms with Crippen LogP contribution in [0.3, 0.4) is 0 Å². The van der Waals surface area contributed by atoms with Gasteiger partial charge in [-0.25, -0.2) is 9.69 Å². The number of rotatable bonds is 4. The van der Waals surface area contributed by atoms with Crippen LogP contribution in [0.1, 0.15) is 17.0 Å². The number of nitro groups is 1. The van der Waals surface area contributed by atoms with Crippen molar-refractivity contribution in [2.45, 2.75) is 13.8 Å². The van der Waals surface area contributed by atoms with Gasteiger partial charge < -0.3 is 9.88 Å². The van der Waals surface area contributed by atoms with E-state index in [1.54, 1.807) is 36.4 Å². The van der Waals surface area contributed by atoms with Gasteiger partial charge in [-0.3, -0.25) is 14.9 Å². The first-order chi connectivity index (χ1) is 14.8. The smallest absolute Gasteiger partial charge is 0.318 e. The van der Waals surface area contributed by atoms with Gasteiger partial charge in [0.1, 0.15) is 5.70 Å². The summed E-state index contributed by atoms with van der Waals surface area (Å²) in [7, 11) is 0. The Morgan fingerprint density at radius 3 is 2.45 bits per heavy atom. The molecule has 0 aliphatic carbocycles. The number of non-ortho nitro benzene ring substituents is 1. The molecule has 0 spiro atoms. The van der Waals surface area contributed by atoms with E-state index in [9.17, 15) is 19.7 Å². The summed E-state index contributed by atoms with van der Waals surface area (Å²) >= 11 is 5.99. The fourth-order valence-electron chi connectivity index (χ4n) is 3.62. The molecule has 4 rings (SSSR count). The van der Waals surface area contributed by atoms with Crippen molar-refractivity contribution >= 4 is 41.0 Å². The molecular formula is C22H17ClN4O4. The Morgan fingerprint density at radius 1 is 1.03 bits per heavy atom. The van der Waals surface area contributed by atoms with Crippen molar-refractivity contribution in [1.82, 2.24) is 9.88 Å². The van der Waals surface area contributed by atoms with Crippen molar-refractivity contribution in [3.8, 4) is 5.69 Å². The van der Waals surface area contributed by atoms with Crippen LogP contribution < -0.4 is 10.2 Å². The Labute approximate surface area is 182 Å². The van der Waals surface area contributed by atoms with Crippen LogP contribution in [0.2, 0.25) is 5.02 Å². The van der Waals surface area contributed by atoms with Crippen molar-refractivity contribution in [3.63, 3.8) is 0 Å². The molecule has 0 unspecified atom stereocenters. The first-order valence-electron chi connectivity index (χ1n) is 9.33. The number of nitrogens with one attached hydrogen (secondary N) is 1. The molecule has 156 valence electrons. The highest BCUT2D eigenvalue weighted by Crippen LogP contribution is 2.28. The summed E-state index contributed by atoms with van der Waals surface area (Å²) in [4.78, 5) is 37.0. The normalized spacial score (nSPS) is 14.9. The maximum absolute atomic E-state index is 12.9. The molecule has 1 aliphatic heterocycles. The van der Waals surface area contributed by atoms with E-state index >= 15 is 0 Å². The van der Waals surface area contributed by atoms with Crippen LogP contribution in [0.25, 0.3) is 11.8 Å². The highest BCUT2D eigenvalue weighted by molar-refractivity contribution is 6.32. The highest BCUT2D eigenvalue weighted by atomic mass is 35.5. The average molecular weight is 437 g/mol. The van der Waals surface area contributed by atoms with Gasteiger partial charge in [0.15, 0.2) is 0 Å². The third-order valence-electron chi connectivity index (χ3n) is 5.01. The summed E-state index contributed by atoms with van der Waals surface area (Å²) in [5.41, 5.74) is 3.43. The van der Waals surface area contributed by atoms with E-state index in [-0.39, 0.29) is 11.4 Å². The number of carbonyl (C=O) groups excluding carboxylic acids is 2. The number of urea groups is 1. The summed E-state index contributed by atoms with van der Waals surface area (Å²) in [6.07, 6.45) is 1.60. The zero-order valence-electron chi connectivity index (χ0n) is 16.6. The Hall–Kier alpha value is -3.91. The van der Waals surface area contributed by atoms with Crippen molar-refractivity contribution in [1.29, 1.82) is 0 Å². The molecule has 1 fully saturated rings. The van der Waals surface area contributed by atoms with Gasteiger partial charge in [-0.05, 0) is 55.8 Å². The molecule has 31 heavy (non-hydrogen) atoms. The zero-order valence-corrected chi connectivity index (χ0v) is 17.4. The number of halogens is 1. The number of hydrogen-bond acceptors (Lipinski definition) is 4. The monoisotopic (exact) mass is 436 g/mol. The topological polar surface area (TPSA) is 97.5 Å². The van der Waals surface area contributed by atoms with Gasteiger partial charge >= 0.3 is 6.03 Å². The molecule has 1 saturated heterocycles. The molecule has 0 radical (unpaired) electrons. The van der Waals surface area contributed by atoms with Gasteiger partial charge in [-0.1, -0.05) is 23.7 Å². The van der Waals surface area contributed by atoms with Gasteiger partial charge in [-0.2, -0.15) is 0 Å². The number of benzene rings is 2. The SMILES string of the molecule is Cc1cc(/C=C2/NC(=O)N(c3cccc(Cl)c3)C2=O)c(C)n1-c1cccc([N+](=O)[O-])c1. The lowest BCUT2D eigenvalue weighted by molar-refractivity contribution is -0.384. The number of nitrogens with zero attached hydrogens (tertiary/aromatic N) is 3. The van der Waals surface area contributed by atoms with E-state index in [0.29, 0.717) is 22.0 Å². The van der Waals surface area contributed by atoms with E-state index in [0.717, 1.165) is 16.3 Å². The van der Waals surface area contributed by atoms with Crippen molar-refractivity contribution in [2.24, 2.45) is 0 Å². The standard InChI is InChI=1S/C22H17ClN4O4/c1-13-9-15(14(2)25(13)18-7-4-8-19(12-18)27(30)31)10-20-21(28)26(22(29)24-20)17-6-3-5-16(23)11-17/h3-12H,1-2H3,(H,24,29)/b20-10+. The third kappa shape index (κ3) is 3.69. The minimum atomic E-state index is -0.564. The predicted octanol–water partition coefficient (Wildman–Crippen LogP) is 4.75. The van der Waals surface area contributed by atoms with Gasteiger partial charge in [0.25, 0.3) is 11.6 Å². The number of aryl methyl sites for hydroxylation is 1. The highest BCUT2D eigenvalue weighted by Gasteiger charge is 2.35. The van der Waals surface area contributed by atoms with E-state index < -0.39 is 16.9 Å². The summed E-state index contributed by atoms with van der Waals surface area (Å²) in [6, 6.07) is 14.1. The Bertz CT molecular complexity index is 1280. The number of amides is 3. The molecule has 2 aromatic carbocycles. The quantitative estimate of drug-likeness (QED) is 0.276. The van der Waals surface area contributed by atoms with Crippen molar-refractivity contribution < 1.29 is 14.5 Å². The molecule has 3 aromatic rings. The number of imide groups is 1. The summed E-state index contributed by atoms with van der Waals surface area (Å²) in [6.45, 7) is 3.70. The Kier molecular flexibility index (Phi) is 5.08. The van der Waals surface area contributed by atoms with Crippen LogP contribution in [0.4, 0.5) is 16.2 Å². The number of anilines is 1. The molecule has 0 bridgehead atoms. The molecule has 1 aliphatic rings. The first-order valence-corrected chi connectivity index (χ1v) is 9.70. The largest absolute Gasteiger partial charge is 0.333 e. The number of carbonyl (C=O) groups is 2. The molecule has 1 N–H and O–H groups in total. The van der Waals surface area contributed by atoms with E-state index in [1.165, 1.54) is 18.2 Å². The van der Waals surface area contributed by atoms with Crippen LogP contribution in [0, 0.1) is 24.0 Å². The van der Waals surface area contributed by atoms with E-state index in [2.05, 4.69) is 5.32 Å². The Morgan fingerprint density at radius 2 is 1.74 bits per heavy atom. The van der Waals surface area contributed by atoms with Crippen LogP contribution in [-0.2, 0) is 4.79 Å². The van der Waals surface area contributed by atoms with Crippen LogP contribution in [0.15, 0.2) is 60.3 Å². The van der Waals surface area contributed by atoms with Gasteiger partial charge in [0.2, 0.25) is 0 Å². The number of hydrogen-bond donors (Lipinski definition) is 1. The molecule has 8 nitrogen and oxygen atoms in total. The van der Waals surface area contributed by atoms with Gasteiger partial charge in [0.05, 0.1) is 16.3 Å². The van der Waals surface area contributed by atoms with E-state index in [4.69, 9.17) is 11.6 Å². The maximum Gasteiger partial charge on any atom is 0.333 e. The minimum Gasteiger partial charge on any atom is -0.318 e. The maximum atomic E-state index is 12.9. The summed E-state index contributed by atoms with van der Waals surface area (Å²) in [5.74, 6) is -0.493. The molecule has 2 heterocycles. The molecule has 3 amide bonds. The van der Waals surface area contributed by atoms with Crippen LogP contribution in [-0.4, -0.2) is 21.4 Å². The van der Waals surface area contributed by atoms with Crippen LogP contribution in [0.5, 0.6) is 0 Å². The second kappa shape index (κ2) is 7.73. The lowest BCUT2D eigenvalue weighted by Crippen LogP contribution is -2.30. The lowest BCUT2D eigenvalue weighted by Gasteiger charge is -2.11. The lowest BCUT2D eigenvalue weighted by atomic mass is 10.2. The molecule has 0 saturated carbocycles. The third-order valence-corrected chi connectivity index (χ3v) is 5.25. The van der Waals surface area contributed by atoms with Gasteiger partial charge in [0, 0.05) is 28.5 Å². The molecule has 9 heteroatoms. The van der Waals surface area contributed by atoms with Crippen LogP contribution >= 0.6 is 11.6 Å². The minimum absolute atomic E-state index is 0.0136. The predicted molar refractivity (Wildman–Crippen MR) is 117 cm³/mol.